The predicted octanol–water partition coefficient (Wildman–Crippen LogP) is 3.60. The molecule has 0 spiro atoms. The molecule has 1 aromatic rings. The molecular formula is C14H20BrNS. The highest BCUT2D eigenvalue weighted by Crippen LogP contribution is 2.23. The van der Waals surface area contributed by atoms with E-state index in [2.05, 4.69) is 69.8 Å². The largest absolute Gasteiger partial charge is 0.301 e. The number of nitrogens with zero attached hydrogens (tertiary/aromatic N) is 1. The molecule has 2 rings (SSSR count). The van der Waals surface area contributed by atoms with E-state index in [1.54, 1.807) is 0 Å². The molecule has 0 aliphatic carbocycles. The second-order valence-electron chi connectivity index (χ2n) is 4.70. The first-order valence-electron chi connectivity index (χ1n) is 6.24. The van der Waals surface area contributed by atoms with Gasteiger partial charge >= 0.3 is 0 Å². The van der Waals surface area contributed by atoms with Gasteiger partial charge in [0.05, 0.1) is 0 Å². The third-order valence-electron chi connectivity index (χ3n) is 3.26. The van der Waals surface area contributed by atoms with Crippen molar-refractivity contribution in [1.29, 1.82) is 0 Å². The van der Waals surface area contributed by atoms with Gasteiger partial charge in [0.2, 0.25) is 0 Å². The Hall–Kier alpha value is 0.01000. The number of hydrogen-bond donors (Lipinski definition) is 0. The van der Waals surface area contributed by atoms with E-state index in [4.69, 9.17) is 0 Å². The molecule has 94 valence electrons. The molecule has 3 heteroatoms. The van der Waals surface area contributed by atoms with Crippen LogP contribution in [0.4, 0.5) is 0 Å². The Balaban J connectivity index is 1.95. The fourth-order valence-electron chi connectivity index (χ4n) is 2.34. The van der Waals surface area contributed by atoms with Crippen LogP contribution in [-0.2, 0) is 0 Å². The normalized spacial score (nSPS) is 23.5. The summed E-state index contributed by atoms with van der Waals surface area (Å²) in [5, 5.41) is 1.84. The highest BCUT2D eigenvalue weighted by molar-refractivity contribution is 9.09. The predicted molar refractivity (Wildman–Crippen MR) is 81.3 cm³/mol. The van der Waals surface area contributed by atoms with Crippen LogP contribution >= 0.6 is 27.7 Å². The fraction of sp³-hybridized carbons (Fsp3) is 0.571. The Morgan fingerprint density at radius 1 is 1.41 bits per heavy atom. The Labute approximate surface area is 117 Å². The van der Waals surface area contributed by atoms with Crippen molar-refractivity contribution < 1.29 is 0 Å². The molecule has 1 saturated heterocycles. The van der Waals surface area contributed by atoms with E-state index >= 15 is 0 Å². The third kappa shape index (κ3) is 4.01. The standard InChI is InChI=1S/C14H20BrNS/c1-12-10-16(7-8-17-12)11-14(9-15)13-5-3-2-4-6-13/h2-6,12,14H,7-11H2,1H3. The summed E-state index contributed by atoms with van der Waals surface area (Å²) in [5.74, 6) is 1.90. The van der Waals surface area contributed by atoms with E-state index in [9.17, 15) is 0 Å². The summed E-state index contributed by atoms with van der Waals surface area (Å²) in [5.41, 5.74) is 1.45. The molecule has 1 fully saturated rings. The molecule has 0 aromatic heterocycles. The summed E-state index contributed by atoms with van der Waals surface area (Å²) in [7, 11) is 0. The van der Waals surface area contributed by atoms with Crippen LogP contribution in [0.1, 0.15) is 18.4 Å². The molecule has 1 aliphatic heterocycles. The van der Waals surface area contributed by atoms with Gasteiger partial charge in [0.15, 0.2) is 0 Å². The van der Waals surface area contributed by atoms with Crippen LogP contribution in [0.5, 0.6) is 0 Å². The van der Waals surface area contributed by atoms with Gasteiger partial charge in [0, 0.05) is 41.9 Å². The molecule has 1 aliphatic rings. The zero-order valence-corrected chi connectivity index (χ0v) is 12.7. The summed E-state index contributed by atoms with van der Waals surface area (Å²) < 4.78 is 0. The second-order valence-corrected chi connectivity index (χ2v) is 6.90. The van der Waals surface area contributed by atoms with Crippen LogP contribution in [0.2, 0.25) is 0 Å². The minimum absolute atomic E-state index is 0.617. The molecular weight excluding hydrogens is 294 g/mol. The van der Waals surface area contributed by atoms with Crippen LogP contribution < -0.4 is 0 Å². The molecule has 0 amide bonds. The van der Waals surface area contributed by atoms with Gasteiger partial charge in [-0.05, 0) is 5.56 Å². The van der Waals surface area contributed by atoms with E-state index in [0.717, 1.165) is 10.6 Å². The number of alkyl halides is 1. The average Bonchev–Trinajstić information content (AvgIpc) is 2.37. The quantitative estimate of drug-likeness (QED) is 0.781. The topological polar surface area (TPSA) is 3.24 Å². The van der Waals surface area contributed by atoms with Crippen LogP contribution in [-0.4, -0.2) is 40.9 Å². The SMILES string of the molecule is CC1CN(CC(CBr)c2ccccc2)CCS1. The Bertz CT molecular complexity index is 330. The van der Waals surface area contributed by atoms with Gasteiger partial charge in [0.25, 0.3) is 0 Å². The molecule has 0 bridgehead atoms. The molecule has 2 atom stereocenters. The number of halogens is 1. The fourth-order valence-corrected chi connectivity index (χ4v) is 4.00. The second kappa shape index (κ2) is 6.81. The highest BCUT2D eigenvalue weighted by atomic mass is 79.9. The van der Waals surface area contributed by atoms with Gasteiger partial charge in [-0.3, -0.25) is 0 Å². The van der Waals surface area contributed by atoms with Gasteiger partial charge in [-0.25, -0.2) is 0 Å². The Morgan fingerprint density at radius 2 is 2.18 bits per heavy atom. The summed E-state index contributed by atoms with van der Waals surface area (Å²) >= 11 is 5.76. The smallest absolute Gasteiger partial charge is 0.0147 e. The maximum atomic E-state index is 3.66. The number of benzene rings is 1. The summed E-state index contributed by atoms with van der Waals surface area (Å²) in [4.78, 5) is 2.61. The van der Waals surface area contributed by atoms with Crippen molar-refractivity contribution in [2.45, 2.75) is 18.1 Å². The van der Waals surface area contributed by atoms with Gasteiger partial charge in [-0.2, -0.15) is 11.8 Å². The lowest BCUT2D eigenvalue weighted by Crippen LogP contribution is -2.39. The van der Waals surface area contributed by atoms with E-state index < -0.39 is 0 Å². The molecule has 2 unspecified atom stereocenters. The zero-order chi connectivity index (χ0) is 12.1. The van der Waals surface area contributed by atoms with Gasteiger partial charge in [0.1, 0.15) is 0 Å². The number of hydrogen-bond acceptors (Lipinski definition) is 2. The molecule has 1 nitrogen and oxygen atoms in total. The molecule has 0 N–H and O–H groups in total. The highest BCUT2D eigenvalue weighted by Gasteiger charge is 2.20. The lowest BCUT2D eigenvalue weighted by atomic mass is 10.0. The molecule has 0 saturated carbocycles. The van der Waals surface area contributed by atoms with Crippen molar-refractivity contribution in [2.24, 2.45) is 0 Å². The first-order chi connectivity index (χ1) is 8.29. The van der Waals surface area contributed by atoms with Crippen molar-refractivity contribution in [2.75, 3.05) is 30.7 Å². The Kier molecular flexibility index (Phi) is 5.39. The van der Waals surface area contributed by atoms with Crippen molar-refractivity contribution in [1.82, 2.24) is 4.90 Å². The minimum atomic E-state index is 0.617. The van der Waals surface area contributed by atoms with Gasteiger partial charge in [-0.1, -0.05) is 53.2 Å². The molecule has 1 heterocycles. The van der Waals surface area contributed by atoms with E-state index in [-0.39, 0.29) is 0 Å². The summed E-state index contributed by atoms with van der Waals surface area (Å²) in [6.45, 7) is 6.00. The lowest BCUT2D eigenvalue weighted by Gasteiger charge is -2.33. The maximum absolute atomic E-state index is 3.66. The first kappa shape index (κ1) is 13.4. The number of rotatable bonds is 4. The zero-order valence-electron chi connectivity index (χ0n) is 10.3. The number of thioether (sulfide) groups is 1. The van der Waals surface area contributed by atoms with Crippen molar-refractivity contribution in [3.8, 4) is 0 Å². The average molecular weight is 314 g/mol. The minimum Gasteiger partial charge on any atom is -0.301 e. The Morgan fingerprint density at radius 3 is 2.82 bits per heavy atom. The van der Waals surface area contributed by atoms with E-state index in [1.165, 1.54) is 31.0 Å². The molecule has 0 radical (unpaired) electrons. The van der Waals surface area contributed by atoms with Crippen LogP contribution in [0.3, 0.4) is 0 Å². The monoisotopic (exact) mass is 313 g/mol. The summed E-state index contributed by atoms with van der Waals surface area (Å²) in [6.07, 6.45) is 0. The van der Waals surface area contributed by atoms with Crippen molar-refractivity contribution in [3.05, 3.63) is 35.9 Å². The van der Waals surface area contributed by atoms with E-state index in [0.29, 0.717) is 5.92 Å². The van der Waals surface area contributed by atoms with Crippen LogP contribution in [0.15, 0.2) is 30.3 Å². The lowest BCUT2D eigenvalue weighted by molar-refractivity contribution is 0.274. The molecule has 17 heavy (non-hydrogen) atoms. The van der Waals surface area contributed by atoms with E-state index in [1.807, 2.05) is 0 Å². The maximum Gasteiger partial charge on any atom is 0.0147 e. The molecule has 1 aromatic carbocycles. The third-order valence-corrected chi connectivity index (χ3v) is 5.18. The first-order valence-corrected chi connectivity index (χ1v) is 8.41. The van der Waals surface area contributed by atoms with Crippen LogP contribution in [0, 0.1) is 0 Å². The van der Waals surface area contributed by atoms with Crippen molar-refractivity contribution >= 4 is 27.7 Å². The van der Waals surface area contributed by atoms with Gasteiger partial charge in [-0.15, -0.1) is 0 Å². The summed E-state index contributed by atoms with van der Waals surface area (Å²) in [6, 6.07) is 10.9. The van der Waals surface area contributed by atoms with Gasteiger partial charge < -0.3 is 4.90 Å². The van der Waals surface area contributed by atoms with Crippen LogP contribution in [0.25, 0.3) is 0 Å². The van der Waals surface area contributed by atoms with Crippen molar-refractivity contribution in [3.63, 3.8) is 0 Å².